The number of ether oxygens (including phenoxy) is 4. The van der Waals surface area contributed by atoms with Gasteiger partial charge in [-0.3, -0.25) is 0 Å². The van der Waals surface area contributed by atoms with E-state index < -0.39 is 6.09 Å². The highest BCUT2D eigenvalue weighted by Gasteiger charge is 2.19. The molecule has 0 saturated carbocycles. The molecule has 3 amide bonds. The number of amides is 3. The van der Waals surface area contributed by atoms with E-state index in [9.17, 15) is 9.59 Å². The van der Waals surface area contributed by atoms with Crippen LogP contribution in [0.25, 0.3) is 0 Å². The van der Waals surface area contributed by atoms with Crippen molar-refractivity contribution in [3.05, 3.63) is 0 Å². The highest BCUT2D eigenvalue weighted by atomic mass is 33.1. The molecule has 0 aromatic rings. The number of alkyl carbamates (subject to hydrolysis) is 1. The summed E-state index contributed by atoms with van der Waals surface area (Å²) in [7, 11) is 3.36. The third kappa shape index (κ3) is 27.7. The summed E-state index contributed by atoms with van der Waals surface area (Å²) in [5, 5.41) is 11.5. The third-order valence-electron chi connectivity index (χ3n) is 4.68. The molecule has 0 spiro atoms. The van der Waals surface area contributed by atoms with E-state index in [0.717, 1.165) is 32.2 Å². The van der Waals surface area contributed by atoms with Crippen molar-refractivity contribution >= 4 is 33.7 Å². The zero-order valence-electron chi connectivity index (χ0n) is 23.9. The maximum atomic E-state index is 11.8. The number of urea groups is 1. The third-order valence-corrected chi connectivity index (χ3v) is 7.71. The summed E-state index contributed by atoms with van der Waals surface area (Å²) in [6, 6.07) is 0.266. The van der Waals surface area contributed by atoms with Crippen molar-refractivity contribution in [2.75, 3.05) is 71.8 Å². The maximum absolute atomic E-state index is 11.8. The molecule has 0 atom stereocenters. The molecule has 230 valence electrons. The Morgan fingerprint density at radius 1 is 0.868 bits per heavy atom. The average molecular weight is 587 g/mol. The van der Waals surface area contributed by atoms with E-state index in [1.54, 1.807) is 21.6 Å². The van der Waals surface area contributed by atoms with Crippen molar-refractivity contribution in [1.29, 1.82) is 0 Å². The quantitative estimate of drug-likeness (QED) is 0.0582. The second kappa shape index (κ2) is 25.9. The van der Waals surface area contributed by atoms with Crippen LogP contribution in [0.2, 0.25) is 0 Å². The van der Waals surface area contributed by atoms with Crippen LogP contribution in [-0.2, 0) is 18.9 Å². The number of carbonyl (C=O) groups excluding carboxylic acids is 2. The van der Waals surface area contributed by atoms with Crippen LogP contribution < -0.4 is 21.3 Å². The van der Waals surface area contributed by atoms with E-state index in [4.69, 9.17) is 18.9 Å². The van der Waals surface area contributed by atoms with Crippen molar-refractivity contribution in [2.24, 2.45) is 0 Å². The summed E-state index contributed by atoms with van der Waals surface area (Å²) in [5.41, 5.74) is 0. The molecule has 0 aliphatic heterocycles. The zero-order chi connectivity index (χ0) is 28.3. The van der Waals surface area contributed by atoms with Gasteiger partial charge in [-0.2, -0.15) is 0 Å². The van der Waals surface area contributed by atoms with Gasteiger partial charge < -0.3 is 40.2 Å². The molecule has 0 aliphatic carbocycles. The molecular weight excluding hydrogens is 528 g/mol. The van der Waals surface area contributed by atoms with Gasteiger partial charge in [0.05, 0.1) is 39.6 Å². The predicted molar refractivity (Wildman–Crippen MR) is 166 cm³/mol. The molecule has 38 heavy (non-hydrogen) atoms. The second-order valence-corrected chi connectivity index (χ2v) is 12.1. The van der Waals surface area contributed by atoms with Crippen molar-refractivity contribution in [3.63, 3.8) is 0 Å². The molecule has 0 aromatic heterocycles. The van der Waals surface area contributed by atoms with Crippen LogP contribution >= 0.6 is 21.6 Å². The smallest absolute Gasteiger partial charge is 0.407 e. The van der Waals surface area contributed by atoms with Gasteiger partial charge in [0.15, 0.2) is 0 Å². The van der Waals surface area contributed by atoms with E-state index >= 15 is 0 Å². The van der Waals surface area contributed by atoms with Gasteiger partial charge in [0.25, 0.3) is 0 Å². The minimum absolute atomic E-state index is 0. The van der Waals surface area contributed by atoms with Crippen LogP contribution in [-0.4, -0.2) is 94.7 Å². The van der Waals surface area contributed by atoms with Crippen LogP contribution in [0, 0.1) is 11.8 Å². The molecule has 0 rings (SSSR count). The molecule has 0 heterocycles. The fourth-order valence-corrected chi connectivity index (χ4v) is 4.91. The Kier molecular flexibility index (Phi) is 25.0. The maximum Gasteiger partial charge on any atom is 0.407 e. The monoisotopic (exact) mass is 586 g/mol. The normalized spacial score (nSPS) is 11.1. The number of carbonyl (C=O) groups is 2. The number of nitrogens with one attached hydrogen (secondary N) is 4. The van der Waals surface area contributed by atoms with Crippen LogP contribution in [0.4, 0.5) is 9.59 Å². The molecule has 0 bridgehead atoms. The molecular formula is C26H58N4O6S2. The lowest BCUT2D eigenvalue weighted by molar-refractivity contribution is 0.0489. The van der Waals surface area contributed by atoms with Crippen molar-refractivity contribution in [3.8, 4) is 11.8 Å². The SMILES string of the molecule is CCC#CCNC(=O)NCCCCOCSSC(C)(C)CCOC(=O)NCCOCCOCCNC(C)C.[HH].[HH].[HH].[HH]. The van der Waals surface area contributed by atoms with Gasteiger partial charge in [-0.05, 0) is 33.1 Å². The lowest BCUT2D eigenvalue weighted by atomic mass is 10.1. The number of unbranched alkanes of at least 4 members (excludes halogenated alkanes) is 1. The van der Waals surface area contributed by atoms with Gasteiger partial charge in [0, 0.05) is 49.2 Å². The lowest BCUT2D eigenvalue weighted by Gasteiger charge is -2.22. The van der Waals surface area contributed by atoms with Crippen molar-refractivity contribution in [1.82, 2.24) is 21.3 Å². The first-order valence-corrected chi connectivity index (χ1v) is 15.7. The molecule has 0 aliphatic rings. The summed E-state index contributed by atoms with van der Waals surface area (Å²) in [4.78, 5) is 23.4. The van der Waals surface area contributed by atoms with Gasteiger partial charge in [0.2, 0.25) is 0 Å². The van der Waals surface area contributed by atoms with Crippen molar-refractivity contribution < 1.29 is 34.2 Å². The Hall–Kier alpha value is -1.36. The first-order valence-electron chi connectivity index (χ1n) is 13.4. The molecule has 0 aromatic carbocycles. The average Bonchev–Trinajstić information content (AvgIpc) is 2.86. The molecule has 0 saturated heterocycles. The first kappa shape index (κ1) is 36.6. The lowest BCUT2D eigenvalue weighted by Crippen LogP contribution is -2.36. The van der Waals surface area contributed by atoms with E-state index in [2.05, 4.69) is 60.8 Å². The van der Waals surface area contributed by atoms with Crippen LogP contribution in [0.15, 0.2) is 0 Å². The zero-order valence-corrected chi connectivity index (χ0v) is 25.6. The van der Waals surface area contributed by atoms with Gasteiger partial charge in [-0.25, -0.2) is 9.59 Å². The van der Waals surface area contributed by atoms with E-state index in [-0.39, 0.29) is 16.5 Å². The molecule has 0 radical (unpaired) electrons. The fourth-order valence-electron chi connectivity index (χ4n) is 2.63. The van der Waals surface area contributed by atoms with E-state index in [1.165, 1.54) is 0 Å². The topological polar surface area (TPSA) is 119 Å². The predicted octanol–water partition coefficient (Wildman–Crippen LogP) is 4.74. The summed E-state index contributed by atoms with van der Waals surface area (Å²) < 4.78 is 21.8. The minimum Gasteiger partial charge on any atom is -0.450 e. The molecule has 0 fully saturated rings. The first-order chi connectivity index (χ1) is 18.3. The summed E-state index contributed by atoms with van der Waals surface area (Å²) >= 11 is 0. The van der Waals surface area contributed by atoms with Gasteiger partial charge in [-0.1, -0.05) is 48.3 Å². The number of hydrogen-bond donors (Lipinski definition) is 4. The van der Waals surface area contributed by atoms with Gasteiger partial charge in [0.1, 0.15) is 5.94 Å². The Morgan fingerprint density at radius 2 is 1.61 bits per heavy atom. The van der Waals surface area contributed by atoms with E-state index in [0.29, 0.717) is 71.3 Å². The largest absolute Gasteiger partial charge is 0.450 e. The summed E-state index contributed by atoms with van der Waals surface area (Å²) in [6.45, 7) is 15.7. The second-order valence-electron chi connectivity index (χ2n) is 9.16. The van der Waals surface area contributed by atoms with Crippen LogP contribution in [0.3, 0.4) is 0 Å². The highest BCUT2D eigenvalue weighted by Crippen LogP contribution is 2.37. The molecule has 12 heteroatoms. The van der Waals surface area contributed by atoms with Crippen LogP contribution in [0.1, 0.15) is 66.0 Å². The Labute approximate surface area is 243 Å². The van der Waals surface area contributed by atoms with Crippen molar-refractivity contribution in [2.45, 2.75) is 71.1 Å². The summed E-state index contributed by atoms with van der Waals surface area (Å²) in [5.74, 6) is 6.35. The molecule has 10 nitrogen and oxygen atoms in total. The van der Waals surface area contributed by atoms with Gasteiger partial charge >= 0.3 is 12.1 Å². The fraction of sp³-hybridized carbons (Fsp3) is 0.846. The Bertz CT molecular complexity index is 678. The summed E-state index contributed by atoms with van der Waals surface area (Å²) in [6.07, 6.45) is 2.82. The Balaban J connectivity index is -0.00000114. The van der Waals surface area contributed by atoms with Crippen LogP contribution in [0.5, 0.6) is 0 Å². The molecule has 0 unspecified atom stereocenters. The number of hydrogen-bond acceptors (Lipinski definition) is 9. The van der Waals surface area contributed by atoms with Gasteiger partial charge in [-0.15, -0.1) is 5.92 Å². The Morgan fingerprint density at radius 3 is 2.32 bits per heavy atom. The minimum atomic E-state index is -0.432. The van der Waals surface area contributed by atoms with E-state index in [1.807, 2.05) is 6.92 Å². The highest BCUT2D eigenvalue weighted by molar-refractivity contribution is 8.77. The standard InChI is InChI=1S/C26H50N4O6S2.4H2/c1-6-7-8-12-28-24(31)29-13-9-10-16-35-22-37-38-26(4,5)11-17-36-25(32)30-15-19-34-21-20-33-18-14-27-23(2)3;;;;/h23,27H,6,9-22H2,1-5H3,(H,30,32)(H2,28,29,31);4*1H. The number of rotatable bonds is 23. The molecule has 4 N–H and O–H groups in total.